The number of rotatable bonds is 8. The highest BCUT2D eigenvalue weighted by Crippen LogP contribution is 2.43. The van der Waals surface area contributed by atoms with Crippen molar-refractivity contribution < 1.29 is 51.2 Å². The van der Waals surface area contributed by atoms with Gasteiger partial charge in [0, 0.05) is 35.6 Å². The van der Waals surface area contributed by atoms with Gasteiger partial charge in [-0.2, -0.15) is 0 Å². The van der Waals surface area contributed by atoms with E-state index in [4.69, 9.17) is 9.47 Å². The van der Waals surface area contributed by atoms with Gasteiger partial charge in [0.1, 0.15) is 24.2 Å². The standard InChI is InChI=1S/C26H23F5N2O6/c1-11-17(26(36)37)19(20-21(27)23(29)25(31)24(30)22(20)28)18-15(32-11)8-33(9-16(18)35)7-12(34)10-39-14-5-3-13(38-2)4-6-14/h3-6,12,19,32,34H,7-10H2,1-2H3,(H,36,37). The summed E-state index contributed by atoms with van der Waals surface area (Å²) in [5, 5.41) is 22.9. The van der Waals surface area contributed by atoms with Crippen molar-refractivity contribution in [2.45, 2.75) is 18.9 Å². The predicted octanol–water partition coefficient (Wildman–Crippen LogP) is 3.01. The number of allylic oxidation sites excluding steroid dienone is 1. The number of carbonyl (C=O) groups is 2. The van der Waals surface area contributed by atoms with Crippen molar-refractivity contribution in [2.75, 3.05) is 33.4 Å². The average Bonchev–Trinajstić information content (AvgIpc) is 2.89. The lowest BCUT2D eigenvalue weighted by atomic mass is 9.76. The van der Waals surface area contributed by atoms with E-state index in [1.165, 1.54) is 18.9 Å². The molecule has 0 saturated heterocycles. The number of aliphatic hydroxyl groups excluding tert-OH is 1. The number of ketones is 1. The zero-order valence-electron chi connectivity index (χ0n) is 20.7. The van der Waals surface area contributed by atoms with Crippen LogP contribution in [-0.4, -0.2) is 66.3 Å². The molecule has 208 valence electrons. The Balaban J connectivity index is 1.61. The van der Waals surface area contributed by atoms with Gasteiger partial charge < -0.3 is 25.0 Å². The molecule has 2 atom stereocenters. The van der Waals surface area contributed by atoms with Crippen LogP contribution in [0.2, 0.25) is 0 Å². The van der Waals surface area contributed by atoms with E-state index in [-0.39, 0.29) is 31.1 Å². The van der Waals surface area contributed by atoms with Gasteiger partial charge in [-0.05, 0) is 31.2 Å². The summed E-state index contributed by atoms with van der Waals surface area (Å²) in [5.41, 5.74) is -2.71. The van der Waals surface area contributed by atoms with E-state index in [2.05, 4.69) is 5.32 Å². The van der Waals surface area contributed by atoms with Crippen molar-refractivity contribution in [1.82, 2.24) is 10.2 Å². The Morgan fingerprint density at radius 3 is 2.15 bits per heavy atom. The van der Waals surface area contributed by atoms with Crippen molar-refractivity contribution in [3.8, 4) is 11.5 Å². The van der Waals surface area contributed by atoms with E-state index >= 15 is 0 Å². The minimum atomic E-state index is -2.40. The molecule has 2 heterocycles. The number of halogens is 5. The molecule has 13 heteroatoms. The minimum Gasteiger partial charge on any atom is -0.497 e. The summed E-state index contributed by atoms with van der Waals surface area (Å²) >= 11 is 0. The van der Waals surface area contributed by atoms with Crippen LogP contribution in [0, 0.1) is 29.1 Å². The Morgan fingerprint density at radius 1 is 1.03 bits per heavy atom. The molecule has 2 aliphatic rings. The van der Waals surface area contributed by atoms with E-state index in [9.17, 15) is 41.8 Å². The molecule has 0 fully saturated rings. The first-order chi connectivity index (χ1) is 18.4. The molecule has 2 unspecified atom stereocenters. The summed E-state index contributed by atoms with van der Waals surface area (Å²) in [6.07, 6.45) is -1.08. The molecule has 39 heavy (non-hydrogen) atoms. The minimum absolute atomic E-state index is 0.0194. The monoisotopic (exact) mass is 554 g/mol. The number of nitrogens with zero attached hydrogens (tertiary/aromatic N) is 1. The van der Waals surface area contributed by atoms with Crippen LogP contribution in [0.3, 0.4) is 0 Å². The van der Waals surface area contributed by atoms with Gasteiger partial charge in [0.15, 0.2) is 29.1 Å². The number of carbonyl (C=O) groups excluding carboxylic acids is 1. The molecule has 0 saturated carbocycles. The summed E-state index contributed by atoms with van der Waals surface area (Å²) in [7, 11) is 1.51. The van der Waals surface area contributed by atoms with Gasteiger partial charge in [0.25, 0.3) is 0 Å². The number of hydrogen-bond donors (Lipinski definition) is 3. The van der Waals surface area contributed by atoms with Crippen LogP contribution >= 0.6 is 0 Å². The van der Waals surface area contributed by atoms with Crippen molar-refractivity contribution in [2.24, 2.45) is 0 Å². The zero-order chi connectivity index (χ0) is 28.6. The molecule has 0 spiro atoms. The smallest absolute Gasteiger partial charge is 0.334 e. The average molecular weight is 554 g/mol. The van der Waals surface area contributed by atoms with Crippen LogP contribution in [0.1, 0.15) is 18.4 Å². The molecule has 8 nitrogen and oxygen atoms in total. The Labute approximate surface area is 218 Å². The number of hydrogen-bond acceptors (Lipinski definition) is 7. The molecule has 0 bridgehead atoms. The molecule has 0 amide bonds. The summed E-state index contributed by atoms with van der Waals surface area (Å²) in [6, 6.07) is 6.59. The van der Waals surface area contributed by atoms with Gasteiger partial charge in [0.2, 0.25) is 5.82 Å². The number of carboxylic acids is 1. The normalized spacial score (nSPS) is 18.6. The van der Waals surface area contributed by atoms with E-state index in [0.717, 1.165) is 0 Å². The number of benzene rings is 2. The number of aliphatic carboxylic acids is 1. The largest absolute Gasteiger partial charge is 0.497 e. The highest BCUT2D eigenvalue weighted by Gasteiger charge is 2.44. The fraction of sp³-hybridized carbons (Fsp3) is 0.308. The van der Waals surface area contributed by atoms with Gasteiger partial charge in [-0.15, -0.1) is 0 Å². The third-order valence-corrected chi connectivity index (χ3v) is 6.43. The Kier molecular flexibility index (Phi) is 7.93. The van der Waals surface area contributed by atoms with Crippen molar-refractivity contribution in [3.63, 3.8) is 0 Å². The van der Waals surface area contributed by atoms with E-state index < -0.39 is 76.1 Å². The second-order valence-electron chi connectivity index (χ2n) is 9.01. The third-order valence-electron chi connectivity index (χ3n) is 6.43. The maximum absolute atomic E-state index is 14.8. The summed E-state index contributed by atoms with van der Waals surface area (Å²) < 4.78 is 82.0. The van der Waals surface area contributed by atoms with Gasteiger partial charge in [-0.3, -0.25) is 9.69 Å². The lowest BCUT2D eigenvalue weighted by Gasteiger charge is -2.38. The molecule has 4 rings (SSSR count). The Hall–Kier alpha value is -3.97. The highest BCUT2D eigenvalue weighted by molar-refractivity contribution is 6.04. The molecule has 2 aromatic rings. The summed E-state index contributed by atoms with van der Waals surface area (Å²) in [4.78, 5) is 26.7. The third kappa shape index (κ3) is 5.32. The van der Waals surface area contributed by atoms with Gasteiger partial charge in [0.05, 0.1) is 25.1 Å². The van der Waals surface area contributed by atoms with E-state index in [0.29, 0.717) is 11.5 Å². The molecule has 2 aromatic carbocycles. The number of β-amino-alcohol motifs (C(OH)–C–C–N with tert-alkyl or cyclic N) is 1. The van der Waals surface area contributed by atoms with Crippen LogP contribution in [-0.2, 0) is 9.59 Å². The molecule has 0 aromatic heterocycles. The molecular formula is C26H23F5N2O6. The second kappa shape index (κ2) is 11.0. The van der Waals surface area contributed by atoms with Crippen molar-refractivity contribution in [3.05, 3.63) is 81.5 Å². The fourth-order valence-electron chi connectivity index (χ4n) is 4.71. The number of methoxy groups -OCH3 is 1. The van der Waals surface area contributed by atoms with Gasteiger partial charge in [-0.25, -0.2) is 26.7 Å². The first-order valence-electron chi connectivity index (χ1n) is 11.6. The topological polar surface area (TPSA) is 108 Å². The fourth-order valence-corrected chi connectivity index (χ4v) is 4.71. The number of Topliss-reactive ketones (excluding diaryl/α,β-unsaturated/α-hetero) is 1. The SMILES string of the molecule is COc1ccc(OCC(O)CN2CC(=O)C3=C(C2)NC(C)=C(C(=O)O)C3c2c(F)c(F)c(F)c(F)c2F)cc1. The van der Waals surface area contributed by atoms with Crippen LogP contribution in [0.4, 0.5) is 22.0 Å². The number of carboxylic acid groups (broad SMARTS) is 1. The number of nitrogens with one attached hydrogen (secondary N) is 1. The number of dihydropyridines is 1. The van der Waals surface area contributed by atoms with Crippen LogP contribution in [0.5, 0.6) is 11.5 Å². The van der Waals surface area contributed by atoms with Crippen LogP contribution < -0.4 is 14.8 Å². The van der Waals surface area contributed by atoms with E-state index in [1.54, 1.807) is 24.3 Å². The lowest BCUT2D eigenvalue weighted by molar-refractivity contribution is -0.133. The molecular weight excluding hydrogens is 531 g/mol. The lowest BCUT2D eigenvalue weighted by Crippen LogP contribution is -2.48. The number of ether oxygens (including phenoxy) is 2. The zero-order valence-corrected chi connectivity index (χ0v) is 20.7. The van der Waals surface area contributed by atoms with Gasteiger partial charge in [-0.1, -0.05) is 0 Å². The van der Waals surface area contributed by atoms with Crippen LogP contribution in [0.25, 0.3) is 0 Å². The molecule has 3 N–H and O–H groups in total. The summed E-state index contributed by atoms with van der Waals surface area (Å²) in [6.45, 7) is 0.482. The molecule has 0 radical (unpaired) electrons. The van der Waals surface area contributed by atoms with E-state index in [1.807, 2.05) is 0 Å². The molecule has 0 aliphatic carbocycles. The van der Waals surface area contributed by atoms with Gasteiger partial charge >= 0.3 is 5.97 Å². The van der Waals surface area contributed by atoms with Crippen molar-refractivity contribution in [1.29, 1.82) is 0 Å². The maximum atomic E-state index is 14.8. The second-order valence-corrected chi connectivity index (χ2v) is 9.01. The summed E-state index contributed by atoms with van der Waals surface area (Å²) in [5.74, 6) is -14.9. The first-order valence-corrected chi connectivity index (χ1v) is 11.6. The molecule has 2 aliphatic heterocycles. The van der Waals surface area contributed by atoms with Crippen molar-refractivity contribution >= 4 is 11.8 Å². The quantitative estimate of drug-likeness (QED) is 0.260. The van der Waals surface area contributed by atoms with Crippen LogP contribution in [0.15, 0.2) is 46.8 Å². The number of aliphatic hydroxyl groups is 1. The maximum Gasteiger partial charge on any atom is 0.334 e. The highest BCUT2D eigenvalue weighted by atomic mass is 19.2. The first kappa shape index (κ1) is 28.0. The Morgan fingerprint density at radius 2 is 1.59 bits per heavy atom. The Bertz CT molecular complexity index is 1360. The predicted molar refractivity (Wildman–Crippen MR) is 125 cm³/mol.